The van der Waals surface area contributed by atoms with Crippen LogP contribution in [-0.2, 0) is 62.4 Å². The number of rotatable bonds is 18. The van der Waals surface area contributed by atoms with Crippen LogP contribution < -0.4 is 54.8 Å². The number of carbonyl (C=O) groups is 9. The number of Topliss-reactive ketones (excluding diaryl/α,β-unsaturated/α-hetero) is 2. The second kappa shape index (κ2) is 29.7. The Hall–Kier alpha value is -7.95. The summed E-state index contributed by atoms with van der Waals surface area (Å²) in [5.41, 5.74) is 25.4. The first-order valence-electron chi connectivity index (χ1n) is 25.4. The number of H-pyrrole nitrogens is 2. The van der Waals surface area contributed by atoms with E-state index < -0.39 is 101 Å². The molecule has 5 rings (SSSR count). The van der Waals surface area contributed by atoms with Gasteiger partial charge in [0, 0.05) is 80.1 Å². The zero-order valence-electron chi connectivity index (χ0n) is 42.4. The quantitative estimate of drug-likeness (QED) is 0.0352. The molecule has 0 spiro atoms. The number of aromatic amines is 2. The molecule has 7 atom stereocenters. The predicted octanol–water partition coefficient (Wildman–Crippen LogP) is -0.128. The van der Waals surface area contributed by atoms with Crippen molar-refractivity contribution >= 4 is 69.8 Å². The van der Waals surface area contributed by atoms with Crippen LogP contribution in [0.4, 0.5) is 0 Å². The highest BCUT2D eigenvalue weighted by molar-refractivity contribution is 5.99. The van der Waals surface area contributed by atoms with E-state index in [-0.39, 0.29) is 83.3 Å². The zero-order valence-corrected chi connectivity index (χ0v) is 42.4. The standard InChI is InChI=1S/C52H72N14O9/c1-31(67)62-40(18-7-9-19-53)49(73)66-43-27-46(70)58-20-10-8-17-39(47(54)71)63-48(72)34(23-35-28-60-38-16-6-5-15-37(35)38)25-44(68)33(14-11-21-59-52(55)56)24-45(69)41(22-32-12-3-2-4-13-32)64-50(74)42(65-51(43)75)26-36-29-57-30-61-36/h2-6,12-13,15-16,28-30,33-34,39-43,60H,7-11,14,17-27,53H2,1H3,(H2,54,71)(H,57,61)(H,58,70)(H,62,67)(H,63,72)(H,64,74)(H,65,75)(H,66,73)(H4,55,56,59)/t33-,34-,39+,40+,41-,42+,43+/m1/s1. The Bertz CT molecular complexity index is 2600. The van der Waals surface area contributed by atoms with Gasteiger partial charge in [-0.1, -0.05) is 48.5 Å². The number of amides is 7. The van der Waals surface area contributed by atoms with Crippen molar-refractivity contribution in [1.29, 1.82) is 0 Å². The fourth-order valence-corrected chi connectivity index (χ4v) is 9.03. The molecule has 0 unspecified atom stereocenters. The van der Waals surface area contributed by atoms with Crippen LogP contribution >= 0.6 is 0 Å². The molecule has 1 saturated heterocycles. The summed E-state index contributed by atoms with van der Waals surface area (Å²) in [7, 11) is 0. The molecule has 1 aliphatic rings. The Morgan fingerprint density at radius 3 is 2.21 bits per heavy atom. The number of ketones is 2. The molecule has 0 saturated carbocycles. The summed E-state index contributed by atoms with van der Waals surface area (Å²) in [6.45, 7) is 1.75. The lowest BCUT2D eigenvalue weighted by molar-refractivity contribution is -0.136. The lowest BCUT2D eigenvalue weighted by Gasteiger charge is -2.27. The maximum atomic E-state index is 14.8. The maximum absolute atomic E-state index is 14.8. The van der Waals surface area contributed by atoms with Crippen LogP contribution in [0.3, 0.4) is 0 Å². The SMILES string of the molecule is CC(=O)N[C@@H](CCCCN)C(=O)N[C@H]1CC(=O)NCCCC[C@@H](C(N)=O)NC(=O)[C@H](Cc2c[nH]c3ccccc23)CC(=O)[C@H](CCCN=C(N)N)CC(=O)[C@@H](Cc2ccccc2)NC(=O)[C@H](Cc2cnc[nH]2)NC1=O. The number of guanidine groups is 1. The summed E-state index contributed by atoms with van der Waals surface area (Å²) >= 11 is 0. The van der Waals surface area contributed by atoms with Crippen LogP contribution in [0.1, 0.15) is 94.4 Å². The van der Waals surface area contributed by atoms with E-state index in [0.717, 1.165) is 16.5 Å². The molecule has 0 bridgehead atoms. The predicted molar refractivity (Wildman–Crippen MR) is 279 cm³/mol. The van der Waals surface area contributed by atoms with Gasteiger partial charge in [-0.25, -0.2) is 4.98 Å². The van der Waals surface area contributed by atoms with E-state index in [4.69, 9.17) is 22.9 Å². The van der Waals surface area contributed by atoms with E-state index in [0.29, 0.717) is 37.1 Å². The Kier molecular flexibility index (Phi) is 22.9. The largest absolute Gasteiger partial charge is 0.370 e. The van der Waals surface area contributed by atoms with Crippen LogP contribution in [0.25, 0.3) is 10.9 Å². The summed E-state index contributed by atoms with van der Waals surface area (Å²) in [5.74, 6) is -8.27. The van der Waals surface area contributed by atoms with Gasteiger partial charge in [0.2, 0.25) is 41.4 Å². The maximum Gasteiger partial charge on any atom is 0.243 e. The molecule has 0 aliphatic carbocycles. The molecular formula is C52H72N14O9. The minimum absolute atomic E-state index is 0.0291. The topological polar surface area (TPSA) is 387 Å². The van der Waals surface area contributed by atoms with Gasteiger partial charge in [0.05, 0.1) is 18.8 Å². The number of carbonyl (C=O) groups excluding carboxylic acids is 9. The average molecular weight is 1040 g/mol. The Balaban J connectivity index is 1.55. The monoisotopic (exact) mass is 1040 g/mol. The number of aromatic nitrogens is 3. The molecule has 7 amide bonds. The number of nitrogens with one attached hydrogen (secondary N) is 8. The minimum Gasteiger partial charge on any atom is -0.370 e. The molecule has 23 heteroatoms. The van der Waals surface area contributed by atoms with E-state index in [1.807, 2.05) is 24.3 Å². The number of aliphatic imine (C=N–C) groups is 1. The van der Waals surface area contributed by atoms with Gasteiger partial charge in [-0.05, 0) is 87.9 Å². The van der Waals surface area contributed by atoms with Gasteiger partial charge in [0.1, 0.15) is 30.0 Å². The number of para-hydroxylation sites is 1. The van der Waals surface area contributed by atoms with Crippen molar-refractivity contribution in [3.05, 3.63) is 90.1 Å². The van der Waals surface area contributed by atoms with Gasteiger partial charge in [-0.2, -0.15) is 0 Å². The van der Waals surface area contributed by atoms with Crippen molar-refractivity contribution in [3.63, 3.8) is 0 Å². The highest BCUT2D eigenvalue weighted by Gasteiger charge is 2.36. The summed E-state index contributed by atoms with van der Waals surface area (Å²) in [6, 6.07) is 9.76. The van der Waals surface area contributed by atoms with E-state index >= 15 is 0 Å². The van der Waals surface area contributed by atoms with E-state index in [1.165, 1.54) is 19.4 Å². The second-order valence-electron chi connectivity index (χ2n) is 19.0. The van der Waals surface area contributed by atoms with Crippen molar-refractivity contribution in [2.45, 2.75) is 127 Å². The van der Waals surface area contributed by atoms with Gasteiger partial charge < -0.3 is 64.8 Å². The lowest BCUT2D eigenvalue weighted by atomic mass is 9.83. The van der Waals surface area contributed by atoms with Crippen LogP contribution in [0.2, 0.25) is 0 Å². The Morgan fingerprint density at radius 2 is 1.51 bits per heavy atom. The van der Waals surface area contributed by atoms with Crippen LogP contribution in [0.15, 0.2) is 78.3 Å². The average Bonchev–Trinajstić information content (AvgIpc) is 4.05. The van der Waals surface area contributed by atoms with Crippen LogP contribution in [0, 0.1) is 11.8 Å². The van der Waals surface area contributed by atoms with Crippen LogP contribution in [-0.4, -0.2) is 124 Å². The highest BCUT2D eigenvalue weighted by Crippen LogP contribution is 2.26. The number of benzene rings is 2. The van der Waals surface area contributed by atoms with Crippen molar-refractivity contribution in [3.8, 4) is 0 Å². The molecule has 4 aromatic rings. The third-order valence-electron chi connectivity index (χ3n) is 13.0. The number of fused-ring (bicyclic) bond motifs is 1. The molecule has 16 N–H and O–H groups in total. The molecule has 2 aromatic heterocycles. The molecule has 3 heterocycles. The number of nitrogens with two attached hydrogens (primary N) is 4. The number of unbranched alkanes of at least 4 members (excludes halogenated alkanes) is 1. The first-order valence-corrected chi connectivity index (χ1v) is 25.4. The van der Waals surface area contributed by atoms with Crippen molar-refractivity contribution < 1.29 is 43.2 Å². The molecule has 75 heavy (non-hydrogen) atoms. The first-order chi connectivity index (χ1) is 36.0. The second-order valence-corrected chi connectivity index (χ2v) is 19.0. The number of primary amides is 1. The van der Waals surface area contributed by atoms with Crippen molar-refractivity contribution in [1.82, 2.24) is 46.9 Å². The zero-order chi connectivity index (χ0) is 54.3. The molecule has 1 aliphatic heterocycles. The third kappa shape index (κ3) is 19.1. The summed E-state index contributed by atoms with van der Waals surface area (Å²) in [4.78, 5) is 140. The molecular weight excluding hydrogens is 965 g/mol. The van der Waals surface area contributed by atoms with Gasteiger partial charge in [-0.15, -0.1) is 0 Å². The fourth-order valence-electron chi connectivity index (χ4n) is 9.03. The number of imidazole rings is 1. The minimum atomic E-state index is -1.58. The molecule has 1 fully saturated rings. The lowest BCUT2D eigenvalue weighted by Crippen LogP contribution is -2.59. The van der Waals surface area contributed by atoms with E-state index in [2.05, 4.69) is 51.8 Å². The molecule has 404 valence electrons. The van der Waals surface area contributed by atoms with E-state index in [9.17, 15) is 43.2 Å². The summed E-state index contributed by atoms with van der Waals surface area (Å²) in [6.07, 6.45) is 5.34. The number of hydrogen-bond donors (Lipinski definition) is 12. The van der Waals surface area contributed by atoms with Gasteiger partial charge in [-0.3, -0.25) is 48.1 Å². The van der Waals surface area contributed by atoms with Gasteiger partial charge in [0.15, 0.2) is 11.7 Å². The third-order valence-corrected chi connectivity index (χ3v) is 13.0. The van der Waals surface area contributed by atoms with Crippen molar-refractivity contribution in [2.75, 3.05) is 19.6 Å². The Morgan fingerprint density at radius 1 is 0.773 bits per heavy atom. The summed E-state index contributed by atoms with van der Waals surface area (Å²) in [5, 5.41) is 17.0. The first kappa shape index (κ1) is 57.9. The van der Waals surface area contributed by atoms with Crippen LogP contribution in [0.5, 0.6) is 0 Å². The normalized spacial score (nSPS) is 21.4. The molecule has 23 nitrogen and oxygen atoms in total. The molecule has 0 radical (unpaired) electrons. The molecule has 2 aromatic carbocycles. The number of hydrogen-bond acceptors (Lipinski definition) is 12. The van der Waals surface area contributed by atoms with Gasteiger partial charge >= 0.3 is 0 Å². The van der Waals surface area contributed by atoms with Gasteiger partial charge in [0.25, 0.3) is 0 Å². The number of nitrogens with zero attached hydrogens (tertiary/aromatic N) is 2. The fraction of sp³-hybridized carbons (Fsp3) is 0.481. The van der Waals surface area contributed by atoms with E-state index in [1.54, 1.807) is 36.5 Å². The highest BCUT2D eigenvalue weighted by atomic mass is 16.2. The Labute approximate surface area is 435 Å². The summed E-state index contributed by atoms with van der Waals surface area (Å²) < 4.78 is 0. The van der Waals surface area contributed by atoms with Crippen molar-refractivity contribution in [2.24, 2.45) is 39.8 Å². The smallest absolute Gasteiger partial charge is 0.243 e.